The van der Waals surface area contributed by atoms with Crippen LogP contribution in [0.5, 0.6) is 5.75 Å². The highest BCUT2D eigenvalue weighted by Crippen LogP contribution is 2.25. The van der Waals surface area contributed by atoms with Crippen molar-refractivity contribution in [3.63, 3.8) is 0 Å². The summed E-state index contributed by atoms with van der Waals surface area (Å²) in [5, 5.41) is 18.6. The molecule has 0 aromatic heterocycles. The lowest BCUT2D eigenvalue weighted by Crippen LogP contribution is -2.41. The zero-order valence-electron chi connectivity index (χ0n) is 10.7. The Labute approximate surface area is 113 Å². The Morgan fingerprint density at radius 3 is 2.47 bits per heavy atom. The van der Waals surface area contributed by atoms with E-state index in [9.17, 15) is 18.6 Å². The maximum atomic E-state index is 12.6. The third-order valence-electron chi connectivity index (χ3n) is 3.48. The first kappa shape index (κ1) is 14.3. The van der Waals surface area contributed by atoms with Gasteiger partial charge in [-0.1, -0.05) is 12.8 Å². The first-order valence-electron chi connectivity index (χ1n) is 6.47. The number of hydrogen-bond acceptors (Lipinski definition) is 4. The fourth-order valence-corrected chi connectivity index (χ4v) is 4.09. The molecular formula is C13H19NO4S. The summed E-state index contributed by atoms with van der Waals surface area (Å²) in [6, 6.07) is 5.16. The third kappa shape index (κ3) is 3.08. The molecule has 1 aromatic rings. The Hall–Kier alpha value is -1.11. The molecule has 1 aliphatic rings. The van der Waals surface area contributed by atoms with Crippen molar-refractivity contribution < 1.29 is 18.6 Å². The largest absolute Gasteiger partial charge is 0.508 e. The number of phenols is 1. The Bertz CT molecular complexity index is 512. The molecule has 0 radical (unpaired) electrons. The summed E-state index contributed by atoms with van der Waals surface area (Å²) in [6.07, 6.45) is 3.42. The Kier molecular flexibility index (Phi) is 4.44. The van der Waals surface area contributed by atoms with Crippen molar-refractivity contribution in [3.05, 3.63) is 24.3 Å². The number of sulfonamides is 1. The van der Waals surface area contributed by atoms with Gasteiger partial charge in [0, 0.05) is 12.6 Å². The molecule has 19 heavy (non-hydrogen) atoms. The van der Waals surface area contributed by atoms with Crippen LogP contribution in [0.15, 0.2) is 29.2 Å². The number of aliphatic hydroxyl groups is 1. The summed E-state index contributed by atoms with van der Waals surface area (Å²) in [6.45, 7) is 0.283. The van der Waals surface area contributed by atoms with Crippen LogP contribution in [0.3, 0.4) is 0 Å². The van der Waals surface area contributed by atoms with Crippen LogP contribution in [0.25, 0.3) is 0 Å². The smallest absolute Gasteiger partial charge is 0.243 e. The van der Waals surface area contributed by atoms with Crippen LogP contribution in [-0.4, -0.2) is 42.1 Å². The van der Waals surface area contributed by atoms with Gasteiger partial charge in [-0.15, -0.1) is 0 Å². The lowest BCUT2D eigenvalue weighted by molar-refractivity contribution is 0.186. The lowest BCUT2D eigenvalue weighted by Gasteiger charge is -2.27. The quantitative estimate of drug-likeness (QED) is 0.878. The first-order chi connectivity index (χ1) is 9.05. The van der Waals surface area contributed by atoms with Crippen LogP contribution in [0.1, 0.15) is 25.7 Å². The molecular weight excluding hydrogens is 266 g/mol. The van der Waals surface area contributed by atoms with Crippen molar-refractivity contribution >= 4 is 10.0 Å². The van der Waals surface area contributed by atoms with Gasteiger partial charge >= 0.3 is 0 Å². The average molecular weight is 285 g/mol. The van der Waals surface area contributed by atoms with Crippen molar-refractivity contribution in [3.8, 4) is 5.75 Å². The summed E-state index contributed by atoms with van der Waals surface area (Å²) in [5.41, 5.74) is 0. The zero-order valence-corrected chi connectivity index (χ0v) is 11.5. The molecule has 0 spiro atoms. The molecule has 1 saturated heterocycles. The summed E-state index contributed by atoms with van der Waals surface area (Å²) < 4.78 is 26.5. The minimum atomic E-state index is -3.60. The minimum absolute atomic E-state index is 0.0357. The van der Waals surface area contributed by atoms with E-state index in [1.165, 1.54) is 28.6 Å². The highest BCUT2D eigenvalue weighted by Gasteiger charge is 2.31. The van der Waals surface area contributed by atoms with Gasteiger partial charge in [-0.25, -0.2) is 8.42 Å². The van der Waals surface area contributed by atoms with E-state index in [0.29, 0.717) is 13.0 Å². The standard InChI is InChI=1S/C13H19NO4S/c15-10-11-4-2-1-3-9-14(11)19(17,18)13-7-5-12(16)6-8-13/h5-8,11,15-16H,1-4,9-10H2. The molecule has 1 heterocycles. The predicted octanol–water partition coefficient (Wildman–Crippen LogP) is 1.32. The summed E-state index contributed by atoms with van der Waals surface area (Å²) >= 11 is 0. The molecule has 0 amide bonds. The molecule has 1 fully saturated rings. The first-order valence-corrected chi connectivity index (χ1v) is 7.91. The van der Waals surface area contributed by atoms with Gasteiger partial charge in [-0.2, -0.15) is 4.31 Å². The van der Waals surface area contributed by atoms with E-state index < -0.39 is 10.0 Å². The maximum absolute atomic E-state index is 12.6. The molecule has 0 saturated carbocycles. The van der Waals surface area contributed by atoms with Crippen molar-refractivity contribution in [1.29, 1.82) is 0 Å². The van der Waals surface area contributed by atoms with Crippen LogP contribution < -0.4 is 0 Å². The molecule has 1 atom stereocenters. The van der Waals surface area contributed by atoms with Crippen molar-refractivity contribution in [2.45, 2.75) is 36.6 Å². The van der Waals surface area contributed by atoms with Crippen LogP contribution >= 0.6 is 0 Å². The topological polar surface area (TPSA) is 77.8 Å². The van der Waals surface area contributed by atoms with Gasteiger partial charge in [0.25, 0.3) is 0 Å². The van der Waals surface area contributed by atoms with Crippen LogP contribution in [-0.2, 0) is 10.0 Å². The second-order valence-corrected chi connectivity index (χ2v) is 6.69. The summed E-state index contributed by atoms with van der Waals surface area (Å²) in [4.78, 5) is 0.158. The highest BCUT2D eigenvalue weighted by atomic mass is 32.2. The number of rotatable bonds is 3. The predicted molar refractivity (Wildman–Crippen MR) is 71.3 cm³/mol. The molecule has 6 heteroatoms. The minimum Gasteiger partial charge on any atom is -0.508 e. The second kappa shape index (κ2) is 5.90. The van der Waals surface area contributed by atoms with E-state index in [1.54, 1.807) is 0 Å². The molecule has 5 nitrogen and oxygen atoms in total. The number of phenolic OH excluding ortho intramolecular Hbond substituents is 1. The van der Waals surface area contributed by atoms with Crippen LogP contribution in [0, 0.1) is 0 Å². The SMILES string of the molecule is O=S(=O)(c1ccc(O)cc1)N1CCCCCC1CO. The lowest BCUT2D eigenvalue weighted by atomic mass is 10.1. The van der Waals surface area contributed by atoms with Crippen molar-refractivity contribution in [2.75, 3.05) is 13.2 Å². The van der Waals surface area contributed by atoms with Gasteiger partial charge in [-0.3, -0.25) is 0 Å². The molecule has 1 unspecified atom stereocenters. The van der Waals surface area contributed by atoms with E-state index >= 15 is 0 Å². The molecule has 1 aliphatic heterocycles. The van der Waals surface area contributed by atoms with Gasteiger partial charge in [0.1, 0.15) is 5.75 Å². The Balaban J connectivity index is 2.33. The van der Waals surface area contributed by atoms with Gasteiger partial charge in [0.15, 0.2) is 0 Å². The van der Waals surface area contributed by atoms with Gasteiger partial charge in [0.2, 0.25) is 10.0 Å². The average Bonchev–Trinajstić information content (AvgIpc) is 2.64. The Morgan fingerprint density at radius 1 is 1.16 bits per heavy atom. The van der Waals surface area contributed by atoms with E-state index in [0.717, 1.165) is 19.3 Å². The van der Waals surface area contributed by atoms with Crippen LogP contribution in [0.2, 0.25) is 0 Å². The van der Waals surface area contributed by atoms with E-state index in [4.69, 9.17) is 0 Å². The van der Waals surface area contributed by atoms with Gasteiger partial charge in [-0.05, 0) is 37.1 Å². The number of benzene rings is 1. The molecule has 0 bridgehead atoms. The number of hydrogen-bond donors (Lipinski definition) is 2. The fraction of sp³-hybridized carbons (Fsp3) is 0.538. The maximum Gasteiger partial charge on any atom is 0.243 e. The number of aromatic hydroxyl groups is 1. The number of nitrogens with zero attached hydrogens (tertiary/aromatic N) is 1. The van der Waals surface area contributed by atoms with Crippen molar-refractivity contribution in [2.24, 2.45) is 0 Å². The zero-order chi connectivity index (χ0) is 13.9. The van der Waals surface area contributed by atoms with Gasteiger partial charge < -0.3 is 10.2 Å². The molecule has 106 valence electrons. The molecule has 2 rings (SSSR count). The highest BCUT2D eigenvalue weighted by molar-refractivity contribution is 7.89. The molecule has 0 aliphatic carbocycles. The Morgan fingerprint density at radius 2 is 1.84 bits per heavy atom. The summed E-state index contributed by atoms with van der Waals surface area (Å²) in [5.74, 6) is 0.0357. The third-order valence-corrected chi connectivity index (χ3v) is 5.44. The summed E-state index contributed by atoms with van der Waals surface area (Å²) in [7, 11) is -3.60. The monoisotopic (exact) mass is 285 g/mol. The van der Waals surface area contributed by atoms with Crippen molar-refractivity contribution in [1.82, 2.24) is 4.31 Å². The normalized spacial score (nSPS) is 22.1. The van der Waals surface area contributed by atoms with E-state index in [2.05, 4.69) is 0 Å². The van der Waals surface area contributed by atoms with E-state index in [-0.39, 0.29) is 23.3 Å². The molecule has 1 aromatic carbocycles. The second-order valence-electron chi connectivity index (χ2n) is 4.80. The fourth-order valence-electron chi connectivity index (χ4n) is 2.40. The molecule has 2 N–H and O–H groups in total. The number of aliphatic hydroxyl groups excluding tert-OH is 1. The van der Waals surface area contributed by atoms with E-state index in [1.807, 2.05) is 0 Å². The van der Waals surface area contributed by atoms with Gasteiger partial charge in [0.05, 0.1) is 11.5 Å². The van der Waals surface area contributed by atoms with Crippen LogP contribution in [0.4, 0.5) is 0 Å².